The number of carbonyl (C=O) groups is 1. The third-order valence-corrected chi connectivity index (χ3v) is 3.48. The molecule has 0 aromatic rings. The van der Waals surface area contributed by atoms with Gasteiger partial charge in [0.1, 0.15) is 13.2 Å². The molecule has 0 aliphatic rings. The van der Waals surface area contributed by atoms with Crippen LogP contribution >= 0.6 is 15.9 Å². The van der Waals surface area contributed by atoms with Crippen molar-refractivity contribution >= 4 is 22.1 Å². The van der Waals surface area contributed by atoms with Crippen molar-refractivity contribution in [2.75, 3.05) is 13.2 Å². The zero-order valence-corrected chi connectivity index (χ0v) is 14.4. The van der Waals surface area contributed by atoms with Gasteiger partial charge in [-0.3, -0.25) is 0 Å². The lowest BCUT2D eigenvalue weighted by Gasteiger charge is -2.33. The zero-order chi connectivity index (χ0) is 22.8. The van der Waals surface area contributed by atoms with Gasteiger partial charge in [-0.1, -0.05) is 0 Å². The number of carbonyl (C=O) groups excluding carboxylic acids is 1. The minimum Gasteiger partial charge on any atom is -0.434 e. The molecule has 0 N–H and O–H groups in total. The molecule has 0 fully saturated rings. The standard InChI is InChI=1S/C11H8BrF13O3/c12-10(21,22)7(15,16)2-4-28-5(26)27-3-1-6(13,14)8(17,18)9(19,20)11(23,24)25/h1-4H2. The molecule has 0 aliphatic carbocycles. The average molecular weight is 515 g/mol. The van der Waals surface area contributed by atoms with Crippen molar-refractivity contribution < 1.29 is 71.3 Å². The Kier molecular flexibility index (Phi) is 7.95. The molecule has 0 unspecified atom stereocenters. The monoisotopic (exact) mass is 514 g/mol. The van der Waals surface area contributed by atoms with E-state index < -0.39 is 66.9 Å². The average Bonchev–Trinajstić information content (AvgIpc) is 2.43. The number of rotatable bonds is 9. The van der Waals surface area contributed by atoms with E-state index in [0.29, 0.717) is 0 Å². The summed E-state index contributed by atoms with van der Waals surface area (Å²) in [6.07, 6.45) is -13.5. The molecule has 0 amide bonds. The summed E-state index contributed by atoms with van der Waals surface area (Å²) in [5.41, 5.74) is 0. The topological polar surface area (TPSA) is 35.5 Å². The van der Waals surface area contributed by atoms with E-state index >= 15 is 0 Å². The number of ether oxygens (including phenoxy) is 2. The number of hydrogen-bond donors (Lipinski definition) is 0. The predicted octanol–water partition coefficient (Wildman–Crippen LogP) is 6.01. The molecule has 28 heavy (non-hydrogen) atoms. The second-order valence-corrected chi connectivity index (χ2v) is 6.00. The molecule has 0 aromatic carbocycles. The van der Waals surface area contributed by atoms with Gasteiger partial charge in [0.25, 0.3) is 0 Å². The first-order valence-corrected chi connectivity index (χ1v) is 7.34. The lowest BCUT2D eigenvalue weighted by Crippen LogP contribution is -2.61. The molecule has 0 saturated carbocycles. The third kappa shape index (κ3) is 5.92. The summed E-state index contributed by atoms with van der Waals surface area (Å²) in [5, 5.41) is 0. The van der Waals surface area contributed by atoms with Crippen LogP contribution in [0, 0.1) is 0 Å². The molecule has 0 aliphatic heterocycles. The molecule has 0 rings (SSSR count). The van der Waals surface area contributed by atoms with E-state index in [-0.39, 0.29) is 0 Å². The Bertz CT molecular complexity index is 541. The fraction of sp³-hybridized carbons (Fsp3) is 0.909. The summed E-state index contributed by atoms with van der Waals surface area (Å²) in [4.78, 5) is 6.12. The third-order valence-electron chi connectivity index (χ3n) is 2.90. The molecular formula is C11H8BrF13O3. The first-order valence-electron chi connectivity index (χ1n) is 6.54. The van der Waals surface area contributed by atoms with Crippen LogP contribution in [0.2, 0.25) is 0 Å². The molecule has 0 aromatic heterocycles. The first kappa shape index (κ1) is 26.8. The van der Waals surface area contributed by atoms with E-state index in [9.17, 15) is 61.9 Å². The van der Waals surface area contributed by atoms with Gasteiger partial charge in [-0.2, -0.15) is 57.1 Å². The summed E-state index contributed by atoms with van der Waals surface area (Å²) in [7, 11) is 0. The van der Waals surface area contributed by atoms with Crippen LogP contribution in [0.4, 0.5) is 61.9 Å². The van der Waals surface area contributed by atoms with Crippen molar-refractivity contribution in [3.05, 3.63) is 0 Å². The van der Waals surface area contributed by atoms with Crippen molar-refractivity contribution in [1.29, 1.82) is 0 Å². The summed E-state index contributed by atoms with van der Waals surface area (Å²) in [6.45, 7) is -3.36. The quantitative estimate of drug-likeness (QED) is 0.215. The summed E-state index contributed by atoms with van der Waals surface area (Å²) < 4.78 is 170. The highest BCUT2D eigenvalue weighted by molar-refractivity contribution is 9.10. The van der Waals surface area contributed by atoms with Crippen molar-refractivity contribution in [3.8, 4) is 0 Å². The highest BCUT2D eigenvalue weighted by atomic mass is 79.9. The second-order valence-electron chi connectivity index (χ2n) is 5.00. The minimum atomic E-state index is -7.13. The van der Waals surface area contributed by atoms with Crippen molar-refractivity contribution in [3.63, 3.8) is 0 Å². The van der Waals surface area contributed by atoms with Crippen molar-refractivity contribution in [2.24, 2.45) is 0 Å². The highest BCUT2D eigenvalue weighted by Gasteiger charge is 2.81. The Morgan fingerprint density at radius 3 is 1.32 bits per heavy atom. The van der Waals surface area contributed by atoms with Crippen LogP contribution in [0.3, 0.4) is 0 Å². The van der Waals surface area contributed by atoms with Gasteiger partial charge in [0.05, 0.1) is 12.8 Å². The molecule has 0 radical (unpaired) electrons. The maximum Gasteiger partial charge on any atom is 0.508 e. The van der Waals surface area contributed by atoms with Crippen LogP contribution in [-0.2, 0) is 9.47 Å². The van der Waals surface area contributed by atoms with Crippen LogP contribution in [0.5, 0.6) is 0 Å². The van der Waals surface area contributed by atoms with Gasteiger partial charge in [0, 0.05) is 0 Å². The van der Waals surface area contributed by atoms with E-state index in [2.05, 4.69) is 9.47 Å². The smallest absolute Gasteiger partial charge is 0.434 e. The predicted molar refractivity (Wildman–Crippen MR) is 66.3 cm³/mol. The second kappa shape index (κ2) is 8.30. The molecule has 0 atom stereocenters. The number of hydrogen-bond acceptors (Lipinski definition) is 3. The molecule has 168 valence electrons. The Morgan fingerprint density at radius 2 is 1.00 bits per heavy atom. The fourth-order valence-electron chi connectivity index (χ4n) is 1.27. The zero-order valence-electron chi connectivity index (χ0n) is 12.8. The number of alkyl halides is 14. The molecule has 0 spiro atoms. The van der Waals surface area contributed by atoms with Gasteiger partial charge in [0.15, 0.2) is 0 Å². The summed E-state index contributed by atoms with van der Waals surface area (Å²) in [6, 6.07) is 0. The summed E-state index contributed by atoms with van der Waals surface area (Å²) in [5.74, 6) is -24.8. The lowest BCUT2D eigenvalue weighted by molar-refractivity contribution is -0.397. The lowest BCUT2D eigenvalue weighted by atomic mass is 10.0. The Balaban J connectivity index is 4.68. The fourth-order valence-corrected chi connectivity index (χ4v) is 1.47. The summed E-state index contributed by atoms with van der Waals surface area (Å²) >= 11 is 1.33. The van der Waals surface area contributed by atoms with Gasteiger partial charge in [-0.15, -0.1) is 0 Å². The van der Waals surface area contributed by atoms with Gasteiger partial charge in [-0.25, -0.2) is 4.79 Å². The van der Waals surface area contributed by atoms with E-state index in [1.165, 1.54) is 15.9 Å². The van der Waals surface area contributed by atoms with Crippen molar-refractivity contribution in [1.82, 2.24) is 0 Å². The SMILES string of the molecule is O=C(OCCC(F)(F)C(F)(F)Br)OCCC(F)(F)C(F)(F)C(F)(F)C(F)(F)F. The highest BCUT2D eigenvalue weighted by Crippen LogP contribution is 2.54. The number of halogens is 14. The minimum absolute atomic E-state index is 1.33. The van der Waals surface area contributed by atoms with Crippen molar-refractivity contribution in [2.45, 2.75) is 47.5 Å². The van der Waals surface area contributed by atoms with E-state index in [1.54, 1.807) is 0 Å². The Labute approximate surface area is 155 Å². The maximum absolute atomic E-state index is 13.1. The molecule has 3 nitrogen and oxygen atoms in total. The van der Waals surface area contributed by atoms with Crippen LogP contribution in [-0.4, -0.2) is 54.1 Å². The van der Waals surface area contributed by atoms with Crippen LogP contribution < -0.4 is 0 Å². The van der Waals surface area contributed by atoms with E-state index in [4.69, 9.17) is 0 Å². The van der Waals surface area contributed by atoms with Crippen LogP contribution in [0.1, 0.15) is 12.8 Å². The van der Waals surface area contributed by atoms with E-state index in [1.807, 2.05) is 0 Å². The van der Waals surface area contributed by atoms with Gasteiger partial charge in [-0.05, 0) is 15.9 Å². The van der Waals surface area contributed by atoms with Gasteiger partial charge in [0.2, 0.25) is 0 Å². The Morgan fingerprint density at radius 1 is 0.643 bits per heavy atom. The van der Waals surface area contributed by atoms with E-state index in [0.717, 1.165) is 0 Å². The maximum atomic E-state index is 13.1. The van der Waals surface area contributed by atoms with Crippen LogP contribution in [0.25, 0.3) is 0 Å². The molecule has 0 heterocycles. The van der Waals surface area contributed by atoms with Gasteiger partial charge < -0.3 is 9.47 Å². The molecule has 0 bridgehead atoms. The normalized spacial score (nSPS) is 14.8. The molecule has 0 saturated heterocycles. The first-order chi connectivity index (χ1) is 12.1. The molecule has 17 heteroatoms. The van der Waals surface area contributed by atoms with Crippen LogP contribution in [0.15, 0.2) is 0 Å². The van der Waals surface area contributed by atoms with Gasteiger partial charge >= 0.3 is 40.9 Å². The molecular weight excluding hydrogens is 507 g/mol. The largest absolute Gasteiger partial charge is 0.508 e. The Hall–Kier alpha value is -1.16.